The van der Waals surface area contributed by atoms with Crippen LogP contribution in [0.15, 0.2) is 11.6 Å². The third-order valence-corrected chi connectivity index (χ3v) is 7.55. The highest BCUT2D eigenvalue weighted by Gasteiger charge is 2.55. The second-order valence-corrected chi connectivity index (χ2v) is 11.3. The molecule has 0 aromatic rings. The van der Waals surface area contributed by atoms with E-state index in [1.54, 1.807) is 7.11 Å². The van der Waals surface area contributed by atoms with Crippen LogP contribution in [0.1, 0.15) is 72.6 Å². The van der Waals surface area contributed by atoms with Gasteiger partial charge in [0.2, 0.25) is 0 Å². The Morgan fingerprint density at radius 1 is 1.23 bits per heavy atom. The molecular weight excluding hydrogens is 497 g/mol. The van der Waals surface area contributed by atoms with Crippen molar-refractivity contribution in [3.63, 3.8) is 0 Å². The van der Waals surface area contributed by atoms with Crippen molar-refractivity contribution in [3.05, 3.63) is 11.6 Å². The van der Waals surface area contributed by atoms with Crippen LogP contribution in [0.4, 0.5) is 0 Å². The van der Waals surface area contributed by atoms with Crippen LogP contribution < -0.4 is 5.32 Å². The van der Waals surface area contributed by atoms with Crippen LogP contribution in [0.2, 0.25) is 0 Å². The maximum atomic E-state index is 12.5. The zero-order valence-corrected chi connectivity index (χ0v) is 21.4. The summed E-state index contributed by atoms with van der Waals surface area (Å²) in [6.07, 6.45) is 8.23. The van der Waals surface area contributed by atoms with Gasteiger partial charge in [0.15, 0.2) is 0 Å². The number of allylic oxidation sites excluding steroid dienone is 1. The van der Waals surface area contributed by atoms with E-state index in [2.05, 4.69) is 27.9 Å². The van der Waals surface area contributed by atoms with Crippen molar-refractivity contribution in [2.75, 3.05) is 20.3 Å². The first-order valence-electron chi connectivity index (χ1n) is 11.2. The van der Waals surface area contributed by atoms with Gasteiger partial charge in [0, 0.05) is 13.2 Å². The van der Waals surface area contributed by atoms with Crippen molar-refractivity contribution in [1.29, 1.82) is 0 Å². The second-order valence-electron chi connectivity index (χ2n) is 9.48. The minimum atomic E-state index is -1.00. The molecule has 0 heterocycles. The maximum Gasteiger partial charge on any atom is 0.320 e. The molecular formula is C23H40INO5. The second kappa shape index (κ2) is 11.6. The van der Waals surface area contributed by atoms with Gasteiger partial charge in [-0.25, -0.2) is 0 Å². The molecule has 0 bridgehead atoms. The number of carbonyl (C=O) groups is 1. The smallest absolute Gasteiger partial charge is 0.320 e. The van der Waals surface area contributed by atoms with Crippen molar-refractivity contribution >= 4 is 28.6 Å². The Morgan fingerprint density at radius 3 is 2.50 bits per heavy atom. The molecule has 0 saturated heterocycles. The topological polar surface area (TPSA) is 77.0 Å². The molecule has 2 aliphatic rings. The highest BCUT2D eigenvalue weighted by molar-refractivity contribution is 14.1. The Bertz CT molecular complexity index is 582. The maximum absolute atomic E-state index is 12.5. The van der Waals surface area contributed by atoms with E-state index < -0.39 is 21.4 Å². The van der Waals surface area contributed by atoms with Crippen LogP contribution in [0, 0.1) is 5.92 Å². The number of alkyl halides is 1. The predicted octanol–water partition coefficient (Wildman–Crippen LogP) is 4.13. The third-order valence-electron chi connectivity index (χ3n) is 6.34. The summed E-state index contributed by atoms with van der Waals surface area (Å²) in [7, 11) is 1.61. The minimum absolute atomic E-state index is 0.219. The van der Waals surface area contributed by atoms with Crippen LogP contribution in [-0.2, 0) is 19.0 Å². The first kappa shape index (κ1) is 26.0. The molecule has 0 spiro atoms. The molecule has 0 amide bonds. The van der Waals surface area contributed by atoms with Gasteiger partial charge in [-0.2, -0.15) is 0 Å². The molecule has 174 valence electrons. The predicted molar refractivity (Wildman–Crippen MR) is 127 cm³/mol. The van der Waals surface area contributed by atoms with Gasteiger partial charge in [0.05, 0.1) is 24.7 Å². The number of rotatable bonds is 9. The molecule has 0 aliphatic heterocycles. The quantitative estimate of drug-likeness (QED) is 0.199. The van der Waals surface area contributed by atoms with E-state index in [-0.39, 0.29) is 18.4 Å². The molecule has 7 heteroatoms. The fourth-order valence-electron chi connectivity index (χ4n) is 4.73. The van der Waals surface area contributed by atoms with Crippen molar-refractivity contribution in [2.24, 2.45) is 5.92 Å². The van der Waals surface area contributed by atoms with Gasteiger partial charge >= 0.3 is 5.97 Å². The lowest BCUT2D eigenvalue weighted by Crippen LogP contribution is -2.60. The van der Waals surface area contributed by atoms with E-state index in [4.69, 9.17) is 14.2 Å². The molecule has 2 fully saturated rings. The van der Waals surface area contributed by atoms with E-state index in [1.807, 2.05) is 33.8 Å². The molecule has 2 saturated carbocycles. The van der Waals surface area contributed by atoms with Crippen LogP contribution in [0.5, 0.6) is 0 Å². The van der Waals surface area contributed by atoms with Crippen molar-refractivity contribution in [2.45, 2.75) is 100 Å². The standard InChI is InChI=1S/C23H40INO5/c1-16(2)12-14-29-22(3,4)21-20(28-5)18(11-13-23(21,24)27)30-19(26)15-25-17-9-7-6-8-10-17/h12,17-18,20-21,25,27H,6-11,13-15H2,1-5H3/t18-,20-,21-,23-/m1/s1. The molecule has 0 radical (unpaired) electrons. The van der Waals surface area contributed by atoms with Crippen LogP contribution in [0.25, 0.3) is 0 Å². The summed E-state index contributed by atoms with van der Waals surface area (Å²) in [6.45, 7) is 8.69. The van der Waals surface area contributed by atoms with Gasteiger partial charge in [-0.15, -0.1) is 0 Å². The zero-order chi connectivity index (χ0) is 22.4. The molecule has 6 nitrogen and oxygen atoms in total. The summed E-state index contributed by atoms with van der Waals surface area (Å²) >= 11 is 2.10. The summed E-state index contributed by atoms with van der Waals surface area (Å²) < 4.78 is 16.8. The number of methoxy groups -OCH3 is 1. The summed E-state index contributed by atoms with van der Waals surface area (Å²) in [4.78, 5) is 12.5. The lowest BCUT2D eigenvalue weighted by Gasteiger charge is -2.50. The van der Waals surface area contributed by atoms with Crippen molar-refractivity contribution in [3.8, 4) is 0 Å². The number of halogens is 1. The fourth-order valence-corrected chi connectivity index (χ4v) is 6.15. The lowest BCUT2D eigenvalue weighted by atomic mass is 9.73. The molecule has 30 heavy (non-hydrogen) atoms. The Labute approximate surface area is 195 Å². The van der Waals surface area contributed by atoms with E-state index >= 15 is 0 Å². The Hall–Kier alpha value is -0.220. The van der Waals surface area contributed by atoms with Crippen molar-refractivity contribution < 1.29 is 24.1 Å². The number of nitrogens with one attached hydrogen (secondary N) is 1. The SMILES string of the molecule is CO[C@H]1[C@H](C(C)(C)OCC=C(C)C)[C@@](O)(I)CC[C@H]1OC(=O)CNC1CCCCC1. The largest absolute Gasteiger partial charge is 0.459 e. The van der Waals surface area contributed by atoms with Gasteiger partial charge in [-0.05, 0) is 76.0 Å². The van der Waals surface area contributed by atoms with Crippen LogP contribution in [-0.4, -0.2) is 58.8 Å². The first-order valence-corrected chi connectivity index (χ1v) is 12.3. The van der Waals surface area contributed by atoms with Gasteiger partial charge in [0.25, 0.3) is 0 Å². The zero-order valence-electron chi connectivity index (χ0n) is 19.2. The molecule has 4 atom stereocenters. The van der Waals surface area contributed by atoms with Gasteiger partial charge in [-0.3, -0.25) is 4.79 Å². The summed E-state index contributed by atoms with van der Waals surface area (Å²) in [6, 6.07) is 0.408. The molecule has 2 aliphatic carbocycles. The highest BCUT2D eigenvalue weighted by Crippen LogP contribution is 2.47. The van der Waals surface area contributed by atoms with E-state index in [9.17, 15) is 9.90 Å². The summed E-state index contributed by atoms with van der Waals surface area (Å²) in [5, 5.41) is 14.5. The average Bonchev–Trinajstić information content (AvgIpc) is 2.67. The van der Waals surface area contributed by atoms with Gasteiger partial charge in [0.1, 0.15) is 15.8 Å². The Kier molecular flexibility index (Phi) is 10.1. The number of hydrogen-bond donors (Lipinski definition) is 2. The Balaban J connectivity index is 2.02. The minimum Gasteiger partial charge on any atom is -0.459 e. The monoisotopic (exact) mass is 537 g/mol. The number of aliphatic hydroxyl groups is 1. The molecule has 2 N–H and O–H groups in total. The fraction of sp³-hybridized carbons (Fsp3) is 0.870. The number of esters is 1. The van der Waals surface area contributed by atoms with Crippen LogP contribution in [0.3, 0.4) is 0 Å². The number of ether oxygens (including phenoxy) is 3. The van der Waals surface area contributed by atoms with E-state index in [1.165, 1.54) is 24.8 Å². The average molecular weight is 537 g/mol. The number of hydrogen-bond acceptors (Lipinski definition) is 6. The van der Waals surface area contributed by atoms with Crippen LogP contribution >= 0.6 is 22.6 Å². The van der Waals surface area contributed by atoms with Gasteiger partial charge in [-0.1, -0.05) is 30.9 Å². The molecule has 0 aromatic carbocycles. The molecule has 0 unspecified atom stereocenters. The summed E-state index contributed by atoms with van der Waals surface area (Å²) in [5.74, 6) is -0.604. The summed E-state index contributed by atoms with van der Waals surface area (Å²) in [5.41, 5.74) is 0.522. The Morgan fingerprint density at radius 2 is 1.90 bits per heavy atom. The lowest BCUT2D eigenvalue weighted by molar-refractivity contribution is -0.202. The van der Waals surface area contributed by atoms with E-state index in [0.29, 0.717) is 25.5 Å². The van der Waals surface area contributed by atoms with Gasteiger partial charge < -0.3 is 24.6 Å². The molecule has 2 rings (SSSR count). The third kappa shape index (κ3) is 7.43. The first-order chi connectivity index (χ1) is 14.1. The highest BCUT2D eigenvalue weighted by atomic mass is 127. The van der Waals surface area contributed by atoms with E-state index in [0.717, 1.165) is 12.8 Å². The normalized spacial score (nSPS) is 30.7. The van der Waals surface area contributed by atoms with Crippen molar-refractivity contribution in [1.82, 2.24) is 5.32 Å². The number of carbonyl (C=O) groups excluding carboxylic acids is 1. The molecule has 0 aromatic heterocycles.